The molecule has 0 aliphatic carbocycles. The third-order valence-electron chi connectivity index (χ3n) is 6.71. The second kappa shape index (κ2) is 14.0. The summed E-state index contributed by atoms with van der Waals surface area (Å²) >= 11 is 0. The molecule has 238 valence electrons. The number of nitrogens with zero attached hydrogens (tertiary/aromatic N) is 3. The van der Waals surface area contributed by atoms with Gasteiger partial charge in [-0.15, -0.1) is 0 Å². The smallest absolute Gasteiger partial charge is 0.408 e. The van der Waals surface area contributed by atoms with E-state index in [1.54, 1.807) is 27.0 Å². The minimum atomic E-state index is -1.41. The molecule has 2 aromatic carbocycles. The molecule has 0 spiro atoms. The second-order valence-corrected chi connectivity index (χ2v) is 12.6. The van der Waals surface area contributed by atoms with Crippen molar-refractivity contribution in [3.8, 4) is 5.69 Å². The molecule has 3 N–H and O–H groups in total. The maximum Gasteiger partial charge on any atom is 0.408 e. The standard InChI is InChI=1S/C32H40F2N4O6/c1-31(2,3)28(37(26(40)19-39)15-14-24(29(41)42)35-30(43)44-32(4,5)6)27-21(16-20-10-8-7-9-11-20)18-38(36-27)25-17-22(33)12-13-23(25)34/h7-13,17-18,24,28,39H,14-16,19H2,1-6H3,(H,35,43)(H,41,42)/t24-,28?/m0/s1. The summed E-state index contributed by atoms with van der Waals surface area (Å²) in [7, 11) is 0. The summed E-state index contributed by atoms with van der Waals surface area (Å²) in [6, 6.07) is 10.1. The van der Waals surface area contributed by atoms with Crippen LogP contribution in [0.3, 0.4) is 0 Å². The molecule has 1 heterocycles. The maximum absolute atomic E-state index is 14.9. The van der Waals surface area contributed by atoms with Crippen LogP contribution in [0.1, 0.15) is 70.8 Å². The van der Waals surface area contributed by atoms with E-state index in [-0.39, 0.29) is 18.7 Å². The van der Waals surface area contributed by atoms with Gasteiger partial charge >= 0.3 is 12.1 Å². The number of hydrogen-bond acceptors (Lipinski definition) is 6. The zero-order chi connectivity index (χ0) is 32.8. The van der Waals surface area contributed by atoms with Crippen LogP contribution in [-0.4, -0.2) is 67.7 Å². The van der Waals surface area contributed by atoms with Crippen LogP contribution in [0.25, 0.3) is 5.69 Å². The van der Waals surface area contributed by atoms with E-state index in [1.165, 1.54) is 9.58 Å². The first kappa shape index (κ1) is 34.2. The van der Waals surface area contributed by atoms with Crippen molar-refractivity contribution in [3.05, 3.63) is 83.2 Å². The molecule has 0 saturated carbocycles. The van der Waals surface area contributed by atoms with Gasteiger partial charge in [0.15, 0.2) is 0 Å². The minimum Gasteiger partial charge on any atom is -0.480 e. The summed E-state index contributed by atoms with van der Waals surface area (Å²) in [4.78, 5) is 39.0. The van der Waals surface area contributed by atoms with Gasteiger partial charge in [-0.3, -0.25) is 4.79 Å². The number of aliphatic hydroxyl groups excluding tert-OH is 1. The third kappa shape index (κ3) is 9.09. The average molecular weight is 615 g/mol. The quantitative estimate of drug-likeness (QED) is 0.276. The molecule has 0 aliphatic rings. The van der Waals surface area contributed by atoms with Gasteiger partial charge in [-0.05, 0) is 50.3 Å². The lowest BCUT2D eigenvalue weighted by Crippen LogP contribution is -2.48. The van der Waals surface area contributed by atoms with Gasteiger partial charge in [0.2, 0.25) is 5.91 Å². The van der Waals surface area contributed by atoms with Crippen molar-refractivity contribution in [2.75, 3.05) is 13.2 Å². The number of alkyl carbamates (subject to hydrolysis) is 1. The molecule has 1 unspecified atom stereocenters. The van der Waals surface area contributed by atoms with Crippen molar-refractivity contribution in [1.29, 1.82) is 0 Å². The fourth-order valence-corrected chi connectivity index (χ4v) is 4.88. The summed E-state index contributed by atoms with van der Waals surface area (Å²) in [6.45, 7) is 9.38. The topological polar surface area (TPSA) is 134 Å². The molecule has 0 saturated heterocycles. The number of ether oxygens (including phenoxy) is 1. The average Bonchev–Trinajstić information content (AvgIpc) is 3.32. The van der Waals surface area contributed by atoms with Gasteiger partial charge in [-0.25, -0.2) is 23.1 Å². The van der Waals surface area contributed by atoms with Crippen molar-refractivity contribution >= 4 is 18.0 Å². The molecule has 0 aliphatic heterocycles. The molecule has 3 aromatic rings. The number of benzene rings is 2. The Morgan fingerprint density at radius 1 is 1.05 bits per heavy atom. The van der Waals surface area contributed by atoms with Crippen LogP contribution in [0.15, 0.2) is 54.7 Å². The Balaban J connectivity index is 2.10. The normalized spacial score (nSPS) is 13.2. The van der Waals surface area contributed by atoms with E-state index in [0.717, 1.165) is 23.8 Å². The Morgan fingerprint density at radius 3 is 2.27 bits per heavy atom. The molecule has 10 nitrogen and oxygen atoms in total. The highest BCUT2D eigenvalue weighted by Crippen LogP contribution is 2.40. The predicted octanol–water partition coefficient (Wildman–Crippen LogP) is 5.02. The van der Waals surface area contributed by atoms with Gasteiger partial charge in [-0.2, -0.15) is 5.10 Å². The van der Waals surface area contributed by atoms with Gasteiger partial charge in [-0.1, -0.05) is 51.1 Å². The predicted molar refractivity (Wildman–Crippen MR) is 159 cm³/mol. The number of aliphatic carboxylic acids is 1. The van der Waals surface area contributed by atoms with E-state index >= 15 is 0 Å². The molecule has 2 amide bonds. The largest absolute Gasteiger partial charge is 0.480 e. The van der Waals surface area contributed by atoms with Crippen LogP contribution >= 0.6 is 0 Å². The van der Waals surface area contributed by atoms with Crippen LogP contribution in [-0.2, 0) is 20.7 Å². The highest BCUT2D eigenvalue weighted by molar-refractivity contribution is 5.80. The minimum absolute atomic E-state index is 0.134. The number of amides is 2. The van der Waals surface area contributed by atoms with Crippen molar-refractivity contribution in [2.45, 2.75) is 72.1 Å². The second-order valence-electron chi connectivity index (χ2n) is 12.6. The molecule has 0 bridgehead atoms. The number of carbonyl (C=O) groups is 3. The molecule has 0 radical (unpaired) electrons. The van der Waals surface area contributed by atoms with Crippen molar-refractivity contribution in [3.63, 3.8) is 0 Å². The lowest BCUT2D eigenvalue weighted by atomic mass is 9.81. The van der Waals surface area contributed by atoms with Crippen LogP contribution in [0.4, 0.5) is 13.6 Å². The van der Waals surface area contributed by atoms with E-state index in [0.29, 0.717) is 17.7 Å². The fraction of sp³-hybridized carbons (Fsp3) is 0.438. The first-order valence-corrected chi connectivity index (χ1v) is 14.2. The molecule has 0 fully saturated rings. The Morgan fingerprint density at radius 2 is 1.70 bits per heavy atom. The Hall–Kier alpha value is -4.32. The Bertz CT molecular complexity index is 1460. The van der Waals surface area contributed by atoms with Crippen LogP contribution in [0, 0.1) is 17.0 Å². The van der Waals surface area contributed by atoms with Crippen molar-refractivity contribution < 1.29 is 38.1 Å². The summed E-state index contributed by atoms with van der Waals surface area (Å²) in [6.07, 6.45) is 0.752. The summed E-state index contributed by atoms with van der Waals surface area (Å²) < 4.78 is 35.4. The number of carbonyl (C=O) groups excluding carboxylic acids is 2. The monoisotopic (exact) mass is 614 g/mol. The molecular weight excluding hydrogens is 574 g/mol. The van der Waals surface area contributed by atoms with E-state index in [2.05, 4.69) is 10.4 Å². The van der Waals surface area contributed by atoms with Gasteiger partial charge in [0.1, 0.15) is 35.6 Å². The fourth-order valence-electron chi connectivity index (χ4n) is 4.88. The first-order chi connectivity index (χ1) is 20.5. The number of halogens is 2. The lowest BCUT2D eigenvalue weighted by molar-refractivity contribution is -0.143. The van der Waals surface area contributed by atoms with E-state index in [1.807, 2.05) is 51.1 Å². The number of aliphatic hydroxyl groups is 1. The van der Waals surface area contributed by atoms with E-state index in [9.17, 15) is 33.4 Å². The molecule has 3 rings (SSSR count). The maximum atomic E-state index is 14.9. The van der Waals surface area contributed by atoms with Crippen LogP contribution < -0.4 is 5.32 Å². The highest BCUT2D eigenvalue weighted by atomic mass is 19.1. The number of nitrogens with one attached hydrogen (secondary N) is 1. The van der Waals surface area contributed by atoms with Gasteiger partial charge in [0, 0.05) is 30.8 Å². The molecule has 1 aromatic heterocycles. The SMILES string of the molecule is CC(C)(C)OC(=O)N[C@@H](CCN(C(=O)CO)C(c1nn(-c2cc(F)ccc2F)cc1Cc1ccccc1)C(C)(C)C)C(=O)O. The van der Waals surface area contributed by atoms with Crippen molar-refractivity contribution in [1.82, 2.24) is 20.0 Å². The number of rotatable bonds is 11. The number of carboxylic acid groups (broad SMARTS) is 1. The highest BCUT2D eigenvalue weighted by Gasteiger charge is 2.39. The third-order valence-corrected chi connectivity index (χ3v) is 6.71. The van der Waals surface area contributed by atoms with E-state index in [4.69, 9.17) is 4.74 Å². The number of carboxylic acids is 1. The molecule has 44 heavy (non-hydrogen) atoms. The van der Waals surface area contributed by atoms with Gasteiger partial charge in [0.05, 0.1) is 11.7 Å². The lowest BCUT2D eigenvalue weighted by Gasteiger charge is -2.40. The van der Waals surface area contributed by atoms with E-state index < -0.39 is 59.3 Å². The number of aromatic nitrogens is 2. The zero-order valence-corrected chi connectivity index (χ0v) is 25.8. The first-order valence-electron chi connectivity index (χ1n) is 14.2. The van der Waals surface area contributed by atoms with Crippen LogP contribution in [0.5, 0.6) is 0 Å². The van der Waals surface area contributed by atoms with Gasteiger partial charge in [0.25, 0.3) is 0 Å². The molecular formula is C32H40F2N4O6. The molecule has 12 heteroatoms. The van der Waals surface area contributed by atoms with Crippen molar-refractivity contribution in [2.24, 2.45) is 5.41 Å². The molecule has 2 atom stereocenters. The summed E-state index contributed by atoms with van der Waals surface area (Å²) in [5.74, 6) is -3.41. The summed E-state index contributed by atoms with van der Waals surface area (Å²) in [5, 5.41) is 26.8. The number of hydrogen-bond donors (Lipinski definition) is 3. The van der Waals surface area contributed by atoms with Gasteiger partial charge < -0.3 is 25.2 Å². The van der Waals surface area contributed by atoms with Crippen LogP contribution in [0.2, 0.25) is 0 Å². The Kier molecular flexibility index (Phi) is 10.9. The summed E-state index contributed by atoms with van der Waals surface area (Å²) in [5.41, 5.74) is 0.126. The Labute approximate surface area is 255 Å². The zero-order valence-electron chi connectivity index (χ0n) is 25.8.